The summed E-state index contributed by atoms with van der Waals surface area (Å²) in [7, 11) is 3.86. The third kappa shape index (κ3) is 2.53. The number of methoxy groups -OCH3 is 1. The molecule has 2 rings (SSSR count). The Bertz CT molecular complexity index is 408. The third-order valence-electron chi connectivity index (χ3n) is 3.83. The highest BCUT2D eigenvalue weighted by Crippen LogP contribution is 2.28. The first kappa shape index (κ1) is 13.0. The van der Waals surface area contributed by atoms with E-state index in [1.165, 1.54) is 12.1 Å². The van der Waals surface area contributed by atoms with Gasteiger partial charge >= 0.3 is 0 Å². The van der Waals surface area contributed by atoms with Crippen LogP contribution in [0.15, 0.2) is 18.2 Å². The van der Waals surface area contributed by atoms with Gasteiger partial charge in [0.25, 0.3) is 0 Å². The molecule has 0 aliphatic carbocycles. The lowest BCUT2D eigenvalue weighted by Gasteiger charge is -2.40. The minimum atomic E-state index is 0.627. The summed E-state index contributed by atoms with van der Waals surface area (Å²) >= 11 is 0. The van der Waals surface area contributed by atoms with Crippen LogP contribution >= 0.6 is 0 Å². The van der Waals surface area contributed by atoms with Crippen molar-refractivity contribution in [3.63, 3.8) is 0 Å². The molecule has 0 aromatic heterocycles. The normalized spacial score (nSPS) is 21.1. The predicted molar refractivity (Wildman–Crippen MR) is 76.3 cm³/mol. The first-order chi connectivity index (χ1) is 8.65. The Balaban J connectivity index is 2.16. The van der Waals surface area contributed by atoms with E-state index in [4.69, 9.17) is 10.5 Å². The SMILES string of the molecule is CCC1CN(c2ccc(N)c(OC)c2)CCN1C. The van der Waals surface area contributed by atoms with E-state index >= 15 is 0 Å². The van der Waals surface area contributed by atoms with Gasteiger partial charge in [0.2, 0.25) is 0 Å². The number of rotatable bonds is 3. The average Bonchev–Trinajstić information content (AvgIpc) is 2.40. The molecular formula is C14H23N3O. The molecule has 18 heavy (non-hydrogen) atoms. The van der Waals surface area contributed by atoms with Crippen molar-refractivity contribution < 1.29 is 4.74 Å². The Hall–Kier alpha value is -1.42. The zero-order chi connectivity index (χ0) is 13.1. The second-order valence-corrected chi connectivity index (χ2v) is 4.91. The van der Waals surface area contributed by atoms with Gasteiger partial charge < -0.3 is 15.4 Å². The molecule has 2 N–H and O–H groups in total. The van der Waals surface area contributed by atoms with Crippen LogP contribution in [-0.4, -0.2) is 44.7 Å². The topological polar surface area (TPSA) is 41.7 Å². The Morgan fingerprint density at radius 1 is 1.39 bits per heavy atom. The number of anilines is 2. The zero-order valence-electron chi connectivity index (χ0n) is 11.5. The first-order valence-corrected chi connectivity index (χ1v) is 6.54. The van der Waals surface area contributed by atoms with Crippen LogP contribution in [0.2, 0.25) is 0 Å². The molecule has 4 heteroatoms. The molecule has 1 atom stereocenters. The number of piperazine rings is 1. The fourth-order valence-electron chi connectivity index (χ4n) is 2.52. The fourth-order valence-corrected chi connectivity index (χ4v) is 2.52. The Kier molecular flexibility index (Phi) is 3.97. The van der Waals surface area contributed by atoms with Gasteiger partial charge in [-0.25, -0.2) is 0 Å². The van der Waals surface area contributed by atoms with Crippen LogP contribution in [0.3, 0.4) is 0 Å². The Morgan fingerprint density at radius 2 is 2.17 bits per heavy atom. The van der Waals surface area contributed by atoms with Crippen LogP contribution in [0.25, 0.3) is 0 Å². The molecule has 0 spiro atoms. The molecule has 1 fully saturated rings. The second-order valence-electron chi connectivity index (χ2n) is 4.91. The van der Waals surface area contributed by atoms with Gasteiger partial charge in [0.05, 0.1) is 12.8 Å². The summed E-state index contributed by atoms with van der Waals surface area (Å²) in [6.45, 7) is 5.47. The van der Waals surface area contributed by atoms with E-state index in [0.717, 1.165) is 25.4 Å². The monoisotopic (exact) mass is 249 g/mol. The number of hydrogen-bond donors (Lipinski definition) is 1. The molecule has 0 saturated carbocycles. The number of benzene rings is 1. The summed E-state index contributed by atoms with van der Waals surface area (Å²) in [6.07, 6.45) is 1.18. The molecule has 1 aliphatic rings. The molecule has 1 aromatic rings. The maximum Gasteiger partial charge on any atom is 0.143 e. The van der Waals surface area contributed by atoms with Crippen LogP contribution in [0.5, 0.6) is 5.75 Å². The molecule has 1 saturated heterocycles. The minimum Gasteiger partial charge on any atom is -0.495 e. The van der Waals surface area contributed by atoms with E-state index in [2.05, 4.69) is 29.8 Å². The summed E-state index contributed by atoms with van der Waals surface area (Å²) in [4.78, 5) is 4.85. The number of nitrogens with two attached hydrogens (primary N) is 1. The van der Waals surface area contributed by atoms with E-state index in [-0.39, 0.29) is 0 Å². The number of hydrogen-bond acceptors (Lipinski definition) is 4. The maximum absolute atomic E-state index is 5.85. The van der Waals surface area contributed by atoms with Crippen molar-refractivity contribution in [2.24, 2.45) is 0 Å². The highest BCUT2D eigenvalue weighted by Gasteiger charge is 2.23. The maximum atomic E-state index is 5.85. The van der Waals surface area contributed by atoms with Crippen molar-refractivity contribution in [3.05, 3.63) is 18.2 Å². The van der Waals surface area contributed by atoms with Gasteiger partial charge in [-0.2, -0.15) is 0 Å². The summed E-state index contributed by atoms with van der Waals surface area (Å²) in [6, 6.07) is 6.67. The fraction of sp³-hybridized carbons (Fsp3) is 0.571. The van der Waals surface area contributed by atoms with Gasteiger partial charge in [-0.15, -0.1) is 0 Å². The molecule has 100 valence electrons. The van der Waals surface area contributed by atoms with Crippen LogP contribution in [0.4, 0.5) is 11.4 Å². The summed E-state index contributed by atoms with van der Waals surface area (Å²) in [5.74, 6) is 0.763. The van der Waals surface area contributed by atoms with Crippen molar-refractivity contribution in [2.75, 3.05) is 44.4 Å². The van der Waals surface area contributed by atoms with Gasteiger partial charge in [-0.3, -0.25) is 4.90 Å². The smallest absolute Gasteiger partial charge is 0.143 e. The highest BCUT2D eigenvalue weighted by atomic mass is 16.5. The van der Waals surface area contributed by atoms with Crippen LogP contribution in [0.1, 0.15) is 13.3 Å². The number of likely N-dealkylation sites (N-methyl/N-ethyl adjacent to an activating group) is 1. The molecule has 0 amide bonds. The van der Waals surface area contributed by atoms with Gasteiger partial charge in [-0.05, 0) is 25.6 Å². The van der Waals surface area contributed by atoms with Gasteiger partial charge in [0.15, 0.2) is 0 Å². The molecule has 1 aliphatic heterocycles. The van der Waals surface area contributed by atoms with Crippen molar-refractivity contribution in [1.29, 1.82) is 0 Å². The van der Waals surface area contributed by atoms with Crippen molar-refractivity contribution >= 4 is 11.4 Å². The van der Waals surface area contributed by atoms with E-state index in [0.29, 0.717) is 11.7 Å². The van der Waals surface area contributed by atoms with Crippen molar-refractivity contribution in [2.45, 2.75) is 19.4 Å². The molecule has 4 nitrogen and oxygen atoms in total. The second kappa shape index (κ2) is 5.48. The lowest BCUT2D eigenvalue weighted by atomic mass is 10.1. The quantitative estimate of drug-likeness (QED) is 0.830. The van der Waals surface area contributed by atoms with Crippen LogP contribution in [0, 0.1) is 0 Å². The average molecular weight is 249 g/mol. The van der Waals surface area contributed by atoms with Crippen molar-refractivity contribution in [3.8, 4) is 5.75 Å². The van der Waals surface area contributed by atoms with Crippen LogP contribution in [-0.2, 0) is 0 Å². The number of nitrogen functional groups attached to an aromatic ring is 1. The van der Waals surface area contributed by atoms with Crippen molar-refractivity contribution in [1.82, 2.24) is 4.90 Å². The zero-order valence-corrected chi connectivity index (χ0v) is 11.5. The highest BCUT2D eigenvalue weighted by molar-refractivity contribution is 5.62. The Labute approximate surface area is 109 Å². The summed E-state index contributed by atoms with van der Waals surface area (Å²) in [5, 5.41) is 0. The molecule has 1 heterocycles. The summed E-state index contributed by atoms with van der Waals surface area (Å²) in [5.41, 5.74) is 7.75. The third-order valence-corrected chi connectivity index (χ3v) is 3.83. The van der Waals surface area contributed by atoms with E-state index in [9.17, 15) is 0 Å². The molecule has 0 radical (unpaired) electrons. The molecule has 1 unspecified atom stereocenters. The van der Waals surface area contributed by atoms with Gasteiger partial charge in [0, 0.05) is 37.4 Å². The number of ether oxygens (including phenoxy) is 1. The number of nitrogens with zero attached hydrogens (tertiary/aromatic N) is 2. The van der Waals surface area contributed by atoms with E-state index in [1.807, 2.05) is 12.1 Å². The largest absolute Gasteiger partial charge is 0.495 e. The van der Waals surface area contributed by atoms with Gasteiger partial charge in [-0.1, -0.05) is 6.92 Å². The standard InChI is InChI=1S/C14H23N3O/c1-4-11-10-17(8-7-16(11)2)12-5-6-13(15)14(9-12)18-3/h5-6,9,11H,4,7-8,10,15H2,1-3H3. The Morgan fingerprint density at radius 3 is 2.83 bits per heavy atom. The molecule has 0 bridgehead atoms. The lowest BCUT2D eigenvalue weighted by Crippen LogP contribution is -2.51. The predicted octanol–water partition coefficient (Wildman–Crippen LogP) is 1.81. The lowest BCUT2D eigenvalue weighted by molar-refractivity contribution is 0.213. The van der Waals surface area contributed by atoms with Crippen LogP contribution < -0.4 is 15.4 Å². The summed E-state index contributed by atoms with van der Waals surface area (Å²) < 4.78 is 5.29. The first-order valence-electron chi connectivity index (χ1n) is 6.54. The minimum absolute atomic E-state index is 0.627. The van der Waals surface area contributed by atoms with E-state index in [1.54, 1.807) is 7.11 Å². The molecule has 1 aromatic carbocycles. The van der Waals surface area contributed by atoms with E-state index < -0.39 is 0 Å². The molecular weight excluding hydrogens is 226 g/mol. The van der Waals surface area contributed by atoms with Gasteiger partial charge in [0.1, 0.15) is 5.75 Å².